The summed E-state index contributed by atoms with van der Waals surface area (Å²) in [6, 6.07) is 14.7. The Balaban J connectivity index is 1.49. The van der Waals surface area contributed by atoms with Gasteiger partial charge >= 0.3 is 0 Å². The van der Waals surface area contributed by atoms with Crippen molar-refractivity contribution in [2.75, 3.05) is 25.0 Å². The van der Waals surface area contributed by atoms with Gasteiger partial charge in [0.25, 0.3) is 0 Å². The number of ketones is 1. The highest BCUT2D eigenvalue weighted by Crippen LogP contribution is 2.30. The summed E-state index contributed by atoms with van der Waals surface area (Å²) in [7, 11) is 1.82. The van der Waals surface area contributed by atoms with Gasteiger partial charge in [0, 0.05) is 29.2 Å². The highest BCUT2D eigenvalue weighted by atomic mass is 35.5. The lowest BCUT2D eigenvalue weighted by molar-refractivity contribution is -0.121. The summed E-state index contributed by atoms with van der Waals surface area (Å²) >= 11 is 6.24. The number of halogens is 1. The molecule has 0 saturated carbocycles. The first kappa shape index (κ1) is 17.8. The number of likely N-dealkylation sites (N-methyl/N-ethyl adjacent to an activating group) is 1. The van der Waals surface area contributed by atoms with E-state index in [2.05, 4.69) is 4.98 Å². The molecule has 2 heterocycles. The van der Waals surface area contributed by atoms with Crippen LogP contribution in [0.15, 0.2) is 54.7 Å². The van der Waals surface area contributed by atoms with Crippen LogP contribution in [0.2, 0.25) is 5.02 Å². The third-order valence-electron chi connectivity index (χ3n) is 5.14. The SMILES string of the molecule is CN(CC(=O)c1c[nH]c2ccccc12)C1CCN(c2ccccc2Cl)C1=O. The lowest BCUT2D eigenvalue weighted by atomic mass is 10.1. The van der Waals surface area contributed by atoms with E-state index in [-0.39, 0.29) is 24.3 Å². The van der Waals surface area contributed by atoms with Gasteiger partial charge in [-0.1, -0.05) is 41.9 Å². The van der Waals surface area contributed by atoms with Crippen LogP contribution < -0.4 is 4.90 Å². The summed E-state index contributed by atoms with van der Waals surface area (Å²) in [5.41, 5.74) is 2.32. The Labute approximate surface area is 162 Å². The normalized spacial score (nSPS) is 17.2. The highest BCUT2D eigenvalue weighted by molar-refractivity contribution is 6.34. The molecule has 5 nitrogen and oxygen atoms in total. The van der Waals surface area contributed by atoms with E-state index < -0.39 is 0 Å². The number of nitrogens with one attached hydrogen (secondary N) is 1. The van der Waals surface area contributed by atoms with Crippen molar-refractivity contribution in [1.29, 1.82) is 0 Å². The van der Waals surface area contributed by atoms with Crippen LogP contribution in [0.5, 0.6) is 0 Å². The first-order valence-corrected chi connectivity index (χ1v) is 9.29. The van der Waals surface area contributed by atoms with Gasteiger partial charge in [-0.15, -0.1) is 0 Å². The summed E-state index contributed by atoms with van der Waals surface area (Å²) < 4.78 is 0. The quantitative estimate of drug-likeness (QED) is 0.685. The maximum atomic E-state index is 12.9. The van der Waals surface area contributed by atoms with Crippen LogP contribution in [-0.4, -0.2) is 47.8 Å². The molecular formula is C21H20ClN3O2. The van der Waals surface area contributed by atoms with Crippen molar-refractivity contribution in [1.82, 2.24) is 9.88 Å². The van der Waals surface area contributed by atoms with Crippen molar-refractivity contribution in [2.24, 2.45) is 0 Å². The van der Waals surface area contributed by atoms with Crippen molar-refractivity contribution in [3.8, 4) is 0 Å². The molecule has 1 unspecified atom stereocenters. The van der Waals surface area contributed by atoms with Crippen LogP contribution in [0.1, 0.15) is 16.8 Å². The Morgan fingerprint density at radius 3 is 2.78 bits per heavy atom. The van der Waals surface area contributed by atoms with Crippen molar-refractivity contribution in [2.45, 2.75) is 12.5 Å². The average molecular weight is 382 g/mol. The number of H-pyrrole nitrogens is 1. The Bertz CT molecular complexity index is 1010. The second kappa shape index (κ2) is 7.18. The molecule has 4 rings (SSSR count). The molecule has 138 valence electrons. The standard InChI is InChI=1S/C21H20ClN3O2/c1-24(13-20(26)15-12-23-17-8-4-2-6-14(15)17)19-10-11-25(21(19)27)18-9-5-3-7-16(18)22/h2-9,12,19,23H,10-11,13H2,1H3. The Morgan fingerprint density at radius 2 is 1.96 bits per heavy atom. The fraction of sp³-hybridized carbons (Fsp3) is 0.238. The van der Waals surface area contributed by atoms with Crippen LogP contribution in [0.4, 0.5) is 5.69 Å². The zero-order valence-electron chi connectivity index (χ0n) is 15.0. The molecule has 1 aromatic heterocycles. The van der Waals surface area contributed by atoms with Crippen molar-refractivity contribution in [3.63, 3.8) is 0 Å². The molecule has 0 bridgehead atoms. The summed E-state index contributed by atoms with van der Waals surface area (Å²) in [6.45, 7) is 0.785. The topological polar surface area (TPSA) is 56.4 Å². The van der Waals surface area contributed by atoms with Crippen LogP contribution in [0.3, 0.4) is 0 Å². The molecule has 0 spiro atoms. The van der Waals surface area contributed by atoms with Gasteiger partial charge in [0.05, 0.1) is 23.3 Å². The first-order chi connectivity index (χ1) is 13.1. The monoisotopic (exact) mass is 381 g/mol. The molecule has 0 radical (unpaired) electrons. The van der Waals surface area contributed by atoms with Crippen molar-refractivity contribution >= 4 is 39.9 Å². The number of aromatic nitrogens is 1. The van der Waals surface area contributed by atoms with Gasteiger partial charge < -0.3 is 9.88 Å². The van der Waals surface area contributed by atoms with Gasteiger partial charge in [-0.25, -0.2) is 0 Å². The molecule has 27 heavy (non-hydrogen) atoms. The van der Waals surface area contributed by atoms with Crippen molar-refractivity contribution < 1.29 is 9.59 Å². The number of amides is 1. The lowest BCUT2D eigenvalue weighted by Crippen LogP contribution is -2.42. The second-order valence-corrected chi connectivity index (χ2v) is 7.24. The predicted molar refractivity (Wildman–Crippen MR) is 107 cm³/mol. The number of hydrogen-bond acceptors (Lipinski definition) is 3. The van der Waals surface area contributed by atoms with E-state index in [1.165, 1.54) is 0 Å². The van der Waals surface area contributed by atoms with Crippen LogP contribution >= 0.6 is 11.6 Å². The number of para-hydroxylation sites is 2. The fourth-order valence-corrected chi connectivity index (χ4v) is 3.95. The maximum absolute atomic E-state index is 12.9. The number of hydrogen-bond donors (Lipinski definition) is 1. The third kappa shape index (κ3) is 3.24. The lowest BCUT2D eigenvalue weighted by Gasteiger charge is -2.23. The Morgan fingerprint density at radius 1 is 1.22 bits per heavy atom. The van der Waals surface area contributed by atoms with Gasteiger partial charge in [-0.2, -0.15) is 0 Å². The molecule has 0 aliphatic carbocycles. The zero-order valence-corrected chi connectivity index (χ0v) is 15.7. The molecule has 1 atom stereocenters. The van der Waals surface area contributed by atoms with Crippen molar-refractivity contribution in [3.05, 3.63) is 65.3 Å². The average Bonchev–Trinajstić information content (AvgIpc) is 3.26. The van der Waals surface area contributed by atoms with Gasteiger partial charge in [-0.05, 0) is 31.7 Å². The Hall–Kier alpha value is -2.63. The molecule has 1 aliphatic heterocycles. The molecule has 1 N–H and O–H groups in total. The molecule has 3 aromatic rings. The molecule has 1 aliphatic rings. The molecule has 1 fully saturated rings. The van der Waals surface area contributed by atoms with Gasteiger partial charge in [0.1, 0.15) is 0 Å². The second-order valence-electron chi connectivity index (χ2n) is 6.83. The van der Waals surface area contributed by atoms with Gasteiger partial charge in [-0.3, -0.25) is 14.5 Å². The van der Waals surface area contributed by atoms with E-state index in [1.807, 2.05) is 54.4 Å². The van der Waals surface area contributed by atoms with E-state index >= 15 is 0 Å². The minimum Gasteiger partial charge on any atom is -0.360 e. The van der Waals surface area contributed by atoms with E-state index in [4.69, 9.17) is 11.6 Å². The number of fused-ring (bicyclic) bond motifs is 1. The number of aromatic amines is 1. The number of nitrogens with zero attached hydrogens (tertiary/aromatic N) is 2. The number of rotatable bonds is 5. The van der Waals surface area contributed by atoms with Crippen LogP contribution in [0, 0.1) is 0 Å². The third-order valence-corrected chi connectivity index (χ3v) is 5.45. The fourth-order valence-electron chi connectivity index (χ4n) is 3.71. The highest BCUT2D eigenvalue weighted by Gasteiger charge is 2.36. The number of anilines is 1. The summed E-state index contributed by atoms with van der Waals surface area (Å²) in [6.07, 6.45) is 2.41. The minimum atomic E-state index is -0.324. The smallest absolute Gasteiger partial charge is 0.244 e. The number of carbonyl (C=O) groups is 2. The predicted octanol–water partition coefficient (Wildman–Crippen LogP) is 3.74. The van der Waals surface area contributed by atoms with Gasteiger partial charge in [0.15, 0.2) is 5.78 Å². The van der Waals surface area contributed by atoms with E-state index in [1.54, 1.807) is 17.2 Å². The number of Topliss-reactive ketones (excluding diaryl/α,β-unsaturated/α-hetero) is 1. The zero-order chi connectivity index (χ0) is 19.0. The molecule has 1 saturated heterocycles. The largest absolute Gasteiger partial charge is 0.360 e. The van der Waals surface area contributed by atoms with E-state index in [0.717, 1.165) is 16.6 Å². The molecule has 1 amide bonds. The van der Waals surface area contributed by atoms with Crippen LogP contribution in [0.25, 0.3) is 10.9 Å². The summed E-state index contributed by atoms with van der Waals surface area (Å²) in [4.78, 5) is 32.4. The molecule has 2 aromatic carbocycles. The Kier molecular flexibility index (Phi) is 4.72. The number of benzene rings is 2. The summed E-state index contributed by atoms with van der Waals surface area (Å²) in [5.74, 6) is -0.0173. The van der Waals surface area contributed by atoms with E-state index in [9.17, 15) is 9.59 Å². The van der Waals surface area contributed by atoms with Gasteiger partial charge in [0.2, 0.25) is 5.91 Å². The number of carbonyl (C=O) groups excluding carboxylic acids is 2. The first-order valence-electron chi connectivity index (χ1n) is 8.91. The molecule has 6 heteroatoms. The van der Waals surface area contributed by atoms with Crippen LogP contribution in [-0.2, 0) is 4.79 Å². The van der Waals surface area contributed by atoms with E-state index in [0.29, 0.717) is 23.6 Å². The maximum Gasteiger partial charge on any atom is 0.244 e. The summed E-state index contributed by atoms with van der Waals surface area (Å²) in [5, 5.41) is 1.47. The minimum absolute atomic E-state index is 0.000978. The molecular weight excluding hydrogens is 362 g/mol.